The molecule has 0 bridgehead atoms. The Kier molecular flexibility index (Phi) is 8.20. The molecule has 0 fully saturated rings. The van der Waals surface area contributed by atoms with Gasteiger partial charge in [0.2, 0.25) is 0 Å². The van der Waals surface area contributed by atoms with Crippen molar-refractivity contribution >= 4 is 41.3 Å². The van der Waals surface area contributed by atoms with Crippen LogP contribution in [0.15, 0.2) is 71.8 Å². The Labute approximate surface area is 200 Å². The summed E-state index contributed by atoms with van der Waals surface area (Å²) >= 11 is 6.04. The van der Waals surface area contributed by atoms with Crippen LogP contribution in [0.5, 0.6) is 17.2 Å². The van der Waals surface area contributed by atoms with E-state index in [0.717, 1.165) is 0 Å². The summed E-state index contributed by atoms with van der Waals surface area (Å²) in [5, 5.41) is 6.47. The second kappa shape index (κ2) is 11.5. The fourth-order valence-corrected chi connectivity index (χ4v) is 2.97. The van der Waals surface area contributed by atoms with E-state index in [2.05, 4.69) is 15.8 Å². The van der Waals surface area contributed by atoms with E-state index in [0.29, 0.717) is 17.1 Å². The third-order valence-corrected chi connectivity index (χ3v) is 4.78. The van der Waals surface area contributed by atoms with E-state index in [1.54, 1.807) is 54.6 Å². The molecule has 174 valence electrons. The van der Waals surface area contributed by atoms with Crippen molar-refractivity contribution < 1.29 is 28.6 Å². The van der Waals surface area contributed by atoms with Crippen LogP contribution in [-0.2, 0) is 9.59 Å². The number of para-hydroxylation sites is 1. The average Bonchev–Trinajstić information content (AvgIpc) is 2.85. The van der Waals surface area contributed by atoms with Gasteiger partial charge in [-0.2, -0.15) is 5.10 Å². The zero-order chi connectivity index (χ0) is 24.5. The van der Waals surface area contributed by atoms with Crippen LogP contribution in [0.1, 0.15) is 15.9 Å². The van der Waals surface area contributed by atoms with Crippen molar-refractivity contribution in [2.75, 3.05) is 19.5 Å². The van der Waals surface area contributed by atoms with Gasteiger partial charge < -0.3 is 19.5 Å². The Morgan fingerprint density at radius 2 is 1.62 bits per heavy atom. The van der Waals surface area contributed by atoms with Crippen LogP contribution in [0.3, 0.4) is 0 Å². The van der Waals surface area contributed by atoms with Gasteiger partial charge in [0.05, 0.1) is 36.7 Å². The van der Waals surface area contributed by atoms with Crippen LogP contribution in [0.25, 0.3) is 0 Å². The molecule has 3 aromatic rings. The third-order valence-electron chi connectivity index (χ3n) is 4.45. The number of methoxy groups -OCH3 is 2. The number of carbonyl (C=O) groups is 3. The van der Waals surface area contributed by atoms with Gasteiger partial charge in [0.1, 0.15) is 17.2 Å². The predicted octanol–water partition coefficient (Wildman–Crippen LogP) is 3.67. The number of rotatable bonds is 7. The van der Waals surface area contributed by atoms with E-state index in [9.17, 15) is 14.4 Å². The topological polar surface area (TPSA) is 115 Å². The van der Waals surface area contributed by atoms with Gasteiger partial charge >= 0.3 is 17.8 Å². The number of halogens is 1. The van der Waals surface area contributed by atoms with E-state index in [-0.39, 0.29) is 22.0 Å². The highest BCUT2D eigenvalue weighted by Crippen LogP contribution is 2.29. The van der Waals surface area contributed by atoms with Crippen LogP contribution < -0.4 is 25.0 Å². The van der Waals surface area contributed by atoms with Crippen molar-refractivity contribution in [1.82, 2.24) is 5.43 Å². The molecule has 0 saturated heterocycles. The summed E-state index contributed by atoms with van der Waals surface area (Å²) in [5.41, 5.74) is 3.00. The van der Waals surface area contributed by atoms with Crippen LogP contribution >= 0.6 is 11.6 Å². The highest BCUT2D eigenvalue weighted by atomic mass is 35.5. The van der Waals surface area contributed by atoms with Gasteiger partial charge in [-0.3, -0.25) is 9.59 Å². The Bertz CT molecular complexity index is 1240. The largest absolute Gasteiger partial charge is 0.497 e. The molecule has 0 spiro atoms. The van der Waals surface area contributed by atoms with Gasteiger partial charge in [0, 0.05) is 11.6 Å². The molecule has 0 aliphatic heterocycles. The molecule has 0 heterocycles. The molecule has 0 aliphatic rings. The third kappa shape index (κ3) is 6.11. The van der Waals surface area contributed by atoms with Gasteiger partial charge in [0.25, 0.3) is 0 Å². The Morgan fingerprint density at radius 1 is 0.882 bits per heavy atom. The lowest BCUT2D eigenvalue weighted by atomic mass is 10.2. The zero-order valence-corrected chi connectivity index (χ0v) is 19.0. The summed E-state index contributed by atoms with van der Waals surface area (Å²) < 4.78 is 15.7. The number of amides is 2. The summed E-state index contributed by atoms with van der Waals surface area (Å²) in [6, 6.07) is 17.7. The SMILES string of the molecule is COc1ccc(NC(=O)C(=O)N/N=C/c2ccccc2OC(=O)c2ccccc2Cl)c(OC)c1. The molecule has 2 N–H and O–H groups in total. The minimum absolute atomic E-state index is 0.192. The lowest BCUT2D eigenvalue weighted by Crippen LogP contribution is -2.32. The standard InChI is InChI=1S/C24H20ClN3O6/c1-32-16-11-12-19(21(13-16)33-2)27-22(29)23(30)28-26-14-15-7-3-6-10-20(15)34-24(31)17-8-4-5-9-18(17)25/h3-14H,1-2H3,(H,27,29)(H,28,30)/b26-14+. The number of esters is 1. The molecule has 0 atom stereocenters. The van der Waals surface area contributed by atoms with Crippen molar-refractivity contribution in [3.63, 3.8) is 0 Å². The highest BCUT2D eigenvalue weighted by Gasteiger charge is 2.17. The molecular weight excluding hydrogens is 462 g/mol. The first kappa shape index (κ1) is 24.3. The summed E-state index contributed by atoms with van der Waals surface area (Å²) in [4.78, 5) is 36.8. The number of benzene rings is 3. The van der Waals surface area contributed by atoms with Crippen molar-refractivity contribution in [1.29, 1.82) is 0 Å². The monoisotopic (exact) mass is 481 g/mol. The first-order valence-electron chi connectivity index (χ1n) is 9.85. The Balaban J connectivity index is 1.64. The first-order valence-corrected chi connectivity index (χ1v) is 10.2. The van der Waals surface area contributed by atoms with Crippen LogP contribution in [0, 0.1) is 0 Å². The highest BCUT2D eigenvalue weighted by molar-refractivity contribution is 6.39. The van der Waals surface area contributed by atoms with Gasteiger partial charge in [0.15, 0.2) is 0 Å². The van der Waals surface area contributed by atoms with E-state index in [1.807, 2.05) is 0 Å². The number of nitrogens with zero attached hydrogens (tertiary/aromatic N) is 1. The zero-order valence-electron chi connectivity index (χ0n) is 18.2. The van der Waals surface area contributed by atoms with Crippen molar-refractivity contribution in [3.8, 4) is 17.2 Å². The summed E-state index contributed by atoms with van der Waals surface area (Å²) in [5.74, 6) is -1.59. The smallest absolute Gasteiger partial charge is 0.345 e. The predicted molar refractivity (Wildman–Crippen MR) is 127 cm³/mol. The number of hydrazone groups is 1. The number of anilines is 1. The molecule has 3 aromatic carbocycles. The summed E-state index contributed by atoms with van der Waals surface area (Å²) in [6.07, 6.45) is 1.24. The molecule has 34 heavy (non-hydrogen) atoms. The van der Waals surface area contributed by atoms with Gasteiger partial charge in [-0.1, -0.05) is 35.9 Å². The minimum atomic E-state index is -1.01. The van der Waals surface area contributed by atoms with E-state index in [1.165, 1.54) is 32.6 Å². The van der Waals surface area contributed by atoms with Gasteiger partial charge in [-0.05, 0) is 36.4 Å². The maximum absolute atomic E-state index is 12.4. The lowest BCUT2D eigenvalue weighted by Gasteiger charge is -2.11. The number of hydrogen-bond donors (Lipinski definition) is 2. The van der Waals surface area contributed by atoms with E-state index < -0.39 is 17.8 Å². The van der Waals surface area contributed by atoms with Crippen molar-refractivity contribution in [2.24, 2.45) is 5.10 Å². The number of hydrogen-bond acceptors (Lipinski definition) is 7. The Hall–Kier alpha value is -4.37. The molecule has 0 saturated carbocycles. The summed E-state index contributed by atoms with van der Waals surface area (Å²) in [7, 11) is 2.92. The number of ether oxygens (including phenoxy) is 3. The maximum atomic E-state index is 12.4. The molecule has 2 amide bonds. The number of nitrogens with one attached hydrogen (secondary N) is 2. The fraction of sp³-hybridized carbons (Fsp3) is 0.0833. The summed E-state index contributed by atoms with van der Waals surface area (Å²) in [6.45, 7) is 0. The molecule has 0 radical (unpaired) electrons. The van der Waals surface area contributed by atoms with E-state index in [4.69, 9.17) is 25.8 Å². The quantitative estimate of drug-likeness (QED) is 0.175. The molecule has 0 aromatic heterocycles. The molecular formula is C24H20ClN3O6. The lowest BCUT2D eigenvalue weighted by molar-refractivity contribution is -0.136. The second-order valence-corrected chi connectivity index (χ2v) is 7.03. The van der Waals surface area contributed by atoms with Crippen LogP contribution in [0.4, 0.5) is 5.69 Å². The maximum Gasteiger partial charge on any atom is 0.345 e. The van der Waals surface area contributed by atoms with Gasteiger partial charge in [-0.25, -0.2) is 10.2 Å². The molecule has 3 rings (SSSR count). The number of carbonyl (C=O) groups excluding carboxylic acids is 3. The van der Waals surface area contributed by atoms with E-state index >= 15 is 0 Å². The fourth-order valence-electron chi connectivity index (χ4n) is 2.75. The van der Waals surface area contributed by atoms with Crippen molar-refractivity contribution in [2.45, 2.75) is 0 Å². The minimum Gasteiger partial charge on any atom is -0.497 e. The van der Waals surface area contributed by atoms with Crippen LogP contribution in [0.2, 0.25) is 5.02 Å². The van der Waals surface area contributed by atoms with Crippen molar-refractivity contribution in [3.05, 3.63) is 82.9 Å². The van der Waals surface area contributed by atoms with Gasteiger partial charge in [-0.15, -0.1) is 0 Å². The molecule has 0 unspecified atom stereocenters. The normalized spacial score (nSPS) is 10.4. The molecule has 10 heteroatoms. The molecule has 0 aliphatic carbocycles. The van der Waals surface area contributed by atoms with Crippen LogP contribution in [-0.4, -0.2) is 38.2 Å². The second-order valence-electron chi connectivity index (χ2n) is 6.63. The average molecular weight is 482 g/mol. The first-order chi connectivity index (χ1) is 16.4. The molecule has 9 nitrogen and oxygen atoms in total. The Morgan fingerprint density at radius 3 is 2.35 bits per heavy atom.